The molecule has 1 aliphatic rings. The first-order chi connectivity index (χ1) is 9.99. The molecular weight excluding hydrogens is 306 g/mol. The summed E-state index contributed by atoms with van der Waals surface area (Å²) in [5.74, 6) is -0.512. The number of anilines is 2. The van der Waals surface area contributed by atoms with Crippen LogP contribution >= 0.6 is 22.9 Å². The smallest absolute Gasteiger partial charge is 0.250 e. The molecule has 1 unspecified atom stereocenters. The number of carbonyl (C=O) groups is 1. The summed E-state index contributed by atoms with van der Waals surface area (Å²) in [6.07, 6.45) is 0.941. The Morgan fingerprint density at radius 1 is 1.48 bits per heavy atom. The Labute approximate surface area is 132 Å². The van der Waals surface area contributed by atoms with E-state index in [1.54, 1.807) is 23.5 Å². The molecule has 4 N–H and O–H groups in total. The second-order valence-corrected chi connectivity index (χ2v) is 6.59. The fraction of sp³-hybridized carbons (Fsp3) is 0.267. The number of nitrogens with zero attached hydrogens (tertiary/aromatic N) is 1. The third-order valence-corrected chi connectivity index (χ3v) is 5.20. The minimum atomic E-state index is -0.512. The Kier molecular flexibility index (Phi) is 3.55. The van der Waals surface area contributed by atoms with Crippen molar-refractivity contribution in [3.05, 3.63) is 44.6 Å². The molecule has 0 spiro atoms. The van der Waals surface area contributed by atoms with Gasteiger partial charge in [0, 0.05) is 17.1 Å². The van der Waals surface area contributed by atoms with Crippen LogP contribution in [0.1, 0.15) is 33.8 Å². The lowest BCUT2D eigenvalue weighted by Gasteiger charge is -2.37. The van der Waals surface area contributed by atoms with Crippen molar-refractivity contribution in [3.63, 3.8) is 0 Å². The molecule has 2 aromatic rings. The molecule has 0 bridgehead atoms. The summed E-state index contributed by atoms with van der Waals surface area (Å²) in [5.41, 5.74) is 14.1. The number of rotatable bonds is 2. The molecule has 0 aliphatic carbocycles. The summed E-state index contributed by atoms with van der Waals surface area (Å²) < 4.78 is 0. The summed E-state index contributed by atoms with van der Waals surface area (Å²) >= 11 is 8.12. The number of benzene rings is 1. The van der Waals surface area contributed by atoms with Crippen LogP contribution < -0.4 is 16.4 Å². The highest BCUT2D eigenvalue weighted by Gasteiger charge is 2.29. The molecule has 2 heterocycles. The highest BCUT2D eigenvalue weighted by Crippen LogP contribution is 2.41. The first kappa shape index (κ1) is 14.2. The monoisotopic (exact) mass is 321 g/mol. The summed E-state index contributed by atoms with van der Waals surface area (Å²) in [4.78, 5) is 15.3. The van der Waals surface area contributed by atoms with Gasteiger partial charge < -0.3 is 16.4 Å². The van der Waals surface area contributed by atoms with E-state index in [0.29, 0.717) is 22.0 Å². The molecule has 1 aliphatic heterocycles. The van der Waals surface area contributed by atoms with Gasteiger partial charge in [-0.25, -0.2) is 0 Å². The quantitative estimate of drug-likeness (QED) is 0.834. The average Bonchev–Trinajstić information content (AvgIpc) is 2.88. The number of carbonyl (C=O) groups excluding carboxylic acids is 1. The van der Waals surface area contributed by atoms with Crippen molar-refractivity contribution < 1.29 is 4.79 Å². The molecular formula is C15H16ClN3OS. The topological polar surface area (TPSA) is 72.3 Å². The van der Waals surface area contributed by atoms with Crippen LogP contribution in [0.3, 0.4) is 0 Å². The van der Waals surface area contributed by atoms with E-state index >= 15 is 0 Å². The van der Waals surface area contributed by atoms with Gasteiger partial charge in [0.1, 0.15) is 0 Å². The van der Waals surface area contributed by atoms with E-state index in [1.165, 1.54) is 10.4 Å². The third-order valence-electron chi connectivity index (χ3n) is 3.92. The Balaban J connectivity index is 2.11. The average molecular weight is 322 g/mol. The van der Waals surface area contributed by atoms with Crippen LogP contribution in [-0.4, -0.2) is 12.5 Å². The zero-order valence-electron chi connectivity index (χ0n) is 11.6. The van der Waals surface area contributed by atoms with Crippen molar-refractivity contribution >= 4 is 40.2 Å². The molecule has 110 valence electrons. The number of thiophene rings is 1. The minimum Gasteiger partial charge on any atom is -0.399 e. The van der Waals surface area contributed by atoms with Gasteiger partial charge in [-0.1, -0.05) is 11.6 Å². The molecule has 4 nitrogen and oxygen atoms in total. The Morgan fingerprint density at radius 3 is 2.95 bits per heavy atom. The van der Waals surface area contributed by atoms with Crippen LogP contribution in [0.15, 0.2) is 23.6 Å². The first-order valence-corrected chi connectivity index (χ1v) is 7.96. The molecule has 1 atom stereocenters. The lowest BCUT2D eigenvalue weighted by molar-refractivity contribution is 0.100. The van der Waals surface area contributed by atoms with Crippen molar-refractivity contribution in [1.82, 2.24) is 0 Å². The summed E-state index contributed by atoms with van der Waals surface area (Å²) in [7, 11) is 0. The Morgan fingerprint density at radius 2 is 2.24 bits per heavy atom. The zero-order chi connectivity index (χ0) is 15.1. The van der Waals surface area contributed by atoms with E-state index in [-0.39, 0.29) is 6.04 Å². The van der Waals surface area contributed by atoms with E-state index in [9.17, 15) is 4.79 Å². The molecule has 1 aromatic heterocycles. The van der Waals surface area contributed by atoms with Crippen LogP contribution in [0.25, 0.3) is 0 Å². The largest absolute Gasteiger partial charge is 0.399 e. The van der Waals surface area contributed by atoms with Crippen molar-refractivity contribution in [2.75, 3.05) is 17.2 Å². The fourth-order valence-corrected chi connectivity index (χ4v) is 4.21. The van der Waals surface area contributed by atoms with E-state index in [4.69, 9.17) is 23.1 Å². The highest BCUT2D eigenvalue weighted by molar-refractivity contribution is 7.10. The first-order valence-electron chi connectivity index (χ1n) is 6.70. The molecule has 0 saturated heterocycles. The normalized spacial score (nSPS) is 17.6. The predicted octanol–water partition coefficient (Wildman–Crippen LogP) is 3.21. The maximum atomic E-state index is 11.8. The van der Waals surface area contributed by atoms with Crippen LogP contribution in [0.2, 0.25) is 5.02 Å². The van der Waals surface area contributed by atoms with Crippen molar-refractivity contribution in [3.8, 4) is 0 Å². The van der Waals surface area contributed by atoms with Gasteiger partial charge in [0.2, 0.25) is 0 Å². The number of amides is 1. The summed E-state index contributed by atoms with van der Waals surface area (Å²) in [6.45, 7) is 2.92. The summed E-state index contributed by atoms with van der Waals surface area (Å²) in [5, 5.41) is 2.57. The van der Waals surface area contributed by atoms with Crippen LogP contribution in [0.4, 0.5) is 11.4 Å². The number of fused-ring (bicyclic) bond motifs is 1. The number of primary amides is 1. The van der Waals surface area contributed by atoms with Crippen molar-refractivity contribution in [2.45, 2.75) is 19.4 Å². The molecule has 0 radical (unpaired) electrons. The number of hydrogen-bond donors (Lipinski definition) is 2. The second kappa shape index (κ2) is 5.24. The molecule has 3 rings (SSSR count). The van der Waals surface area contributed by atoms with Gasteiger partial charge in [0.15, 0.2) is 0 Å². The maximum absolute atomic E-state index is 11.8. The summed E-state index contributed by atoms with van der Waals surface area (Å²) in [6, 6.07) is 5.55. The highest BCUT2D eigenvalue weighted by atomic mass is 35.5. The van der Waals surface area contributed by atoms with Crippen LogP contribution in [0, 0.1) is 0 Å². The van der Waals surface area contributed by atoms with E-state index in [1.807, 2.05) is 0 Å². The van der Waals surface area contributed by atoms with Gasteiger partial charge in [0.25, 0.3) is 5.91 Å². The predicted molar refractivity (Wildman–Crippen MR) is 88.2 cm³/mol. The lowest BCUT2D eigenvalue weighted by atomic mass is 9.99. The van der Waals surface area contributed by atoms with Gasteiger partial charge in [0.05, 0.1) is 22.3 Å². The fourth-order valence-electron chi connectivity index (χ4n) is 2.91. The molecule has 21 heavy (non-hydrogen) atoms. The molecule has 1 amide bonds. The molecule has 1 aromatic carbocycles. The maximum Gasteiger partial charge on any atom is 0.250 e. The van der Waals surface area contributed by atoms with E-state index in [0.717, 1.165) is 13.0 Å². The van der Waals surface area contributed by atoms with E-state index < -0.39 is 5.91 Å². The van der Waals surface area contributed by atoms with Gasteiger partial charge in [-0.3, -0.25) is 4.79 Å². The van der Waals surface area contributed by atoms with Crippen molar-refractivity contribution in [1.29, 1.82) is 0 Å². The van der Waals surface area contributed by atoms with Crippen LogP contribution in [0.5, 0.6) is 0 Å². The van der Waals surface area contributed by atoms with Crippen LogP contribution in [-0.2, 0) is 6.42 Å². The van der Waals surface area contributed by atoms with Gasteiger partial charge >= 0.3 is 0 Å². The number of hydrogen-bond acceptors (Lipinski definition) is 4. The Hall–Kier alpha value is -1.72. The standard InChI is InChI=1S/C15H16ClN3OS/c1-8-10-3-5-21-13(10)2-4-19(8)14-11(15(18)20)6-9(17)7-12(14)16/h3,5-8H,2,4,17H2,1H3,(H2,18,20). The molecule has 6 heteroatoms. The number of nitrogens with two attached hydrogens (primary N) is 2. The molecule has 0 fully saturated rings. The van der Waals surface area contributed by atoms with Gasteiger partial charge in [-0.2, -0.15) is 0 Å². The van der Waals surface area contributed by atoms with E-state index in [2.05, 4.69) is 23.3 Å². The Bertz CT molecular complexity index is 713. The minimum absolute atomic E-state index is 0.152. The third kappa shape index (κ3) is 2.36. The zero-order valence-corrected chi connectivity index (χ0v) is 13.2. The van der Waals surface area contributed by atoms with Gasteiger partial charge in [-0.15, -0.1) is 11.3 Å². The van der Waals surface area contributed by atoms with Crippen molar-refractivity contribution in [2.24, 2.45) is 5.73 Å². The SMILES string of the molecule is CC1c2ccsc2CCN1c1c(Cl)cc(N)cc1C(N)=O. The second-order valence-electron chi connectivity index (χ2n) is 5.18. The number of nitrogen functional groups attached to an aromatic ring is 1. The number of halogens is 1. The van der Waals surface area contributed by atoms with Gasteiger partial charge in [-0.05, 0) is 42.5 Å². The lowest BCUT2D eigenvalue weighted by Crippen LogP contribution is -2.35. The molecule has 0 saturated carbocycles.